The van der Waals surface area contributed by atoms with Crippen molar-refractivity contribution in [1.29, 1.82) is 0 Å². The lowest BCUT2D eigenvalue weighted by Gasteiger charge is -2.26. The van der Waals surface area contributed by atoms with Crippen molar-refractivity contribution in [3.8, 4) is 0 Å². The number of aromatic amines is 1. The summed E-state index contributed by atoms with van der Waals surface area (Å²) in [7, 11) is 1.27. The van der Waals surface area contributed by atoms with Crippen molar-refractivity contribution in [3.05, 3.63) is 82.2 Å². The van der Waals surface area contributed by atoms with Crippen LogP contribution < -0.4 is 0 Å². The highest BCUT2D eigenvalue weighted by Crippen LogP contribution is 2.41. The lowest BCUT2D eigenvalue weighted by atomic mass is 9.85. The minimum Gasteiger partial charge on any atom is -0.507 e. The van der Waals surface area contributed by atoms with Crippen molar-refractivity contribution in [2.75, 3.05) is 13.7 Å². The molecule has 1 unspecified atom stereocenters. The summed E-state index contributed by atoms with van der Waals surface area (Å²) in [6, 6.07) is 7.02. The maximum absolute atomic E-state index is 13.4. The fourth-order valence-electron chi connectivity index (χ4n) is 5.01. The Balaban J connectivity index is 1.81. The molecule has 4 rings (SSSR count). The van der Waals surface area contributed by atoms with E-state index in [1.807, 2.05) is 35.0 Å². The molecule has 3 aromatic rings. The van der Waals surface area contributed by atoms with Crippen LogP contribution in [0.4, 0.5) is 0 Å². The third-order valence-corrected chi connectivity index (χ3v) is 7.07. The quantitative estimate of drug-likeness (QED) is 0.207. The number of hydrogen-bond donors (Lipinski definition) is 2. The highest BCUT2D eigenvalue weighted by atomic mass is 16.5. The minimum atomic E-state index is -0.776. The number of aromatic nitrogens is 3. The van der Waals surface area contributed by atoms with E-state index in [-0.39, 0.29) is 22.4 Å². The minimum absolute atomic E-state index is 0.00255. The predicted octanol–water partition coefficient (Wildman–Crippen LogP) is 4.42. The van der Waals surface area contributed by atoms with Gasteiger partial charge in [0.25, 0.3) is 11.7 Å². The Morgan fingerprint density at radius 1 is 1.13 bits per heavy atom. The zero-order valence-electron chi connectivity index (χ0n) is 22.7. The van der Waals surface area contributed by atoms with E-state index < -0.39 is 23.7 Å². The van der Waals surface area contributed by atoms with Gasteiger partial charge in [-0.25, -0.2) is 9.78 Å². The monoisotopic (exact) mass is 518 g/mol. The van der Waals surface area contributed by atoms with Gasteiger partial charge in [-0.2, -0.15) is 0 Å². The fraction of sp³-hybridized carbons (Fsp3) is 0.379. The van der Waals surface area contributed by atoms with Crippen LogP contribution in [0.25, 0.3) is 5.76 Å². The predicted molar refractivity (Wildman–Crippen MR) is 143 cm³/mol. The number of carbonyl (C=O) groups excluding carboxylic acids is 3. The number of rotatable bonds is 7. The molecule has 3 heterocycles. The van der Waals surface area contributed by atoms with Crippen LogP contribution in [0.2, 0.25) is 0 Å². The van der Waals surface area contributed by atoms with Gasteiger partial charge in [0.15, 0.2) is 0 Å². The van der Waals surface area contributed by atoms with E-state index in [9.17, 15) is 19.5 Å². The number of H-pyrrole nitrogens is 1. The molecule has 38 heavy (non-hydrogen) atoms. The number of hydrogen-bond acceptors (Lipinski definition) is 6. The third-order valence-electron chi connectivity index (χ3n) is 7.07. The van der Waals surface area contributed by atoms with Gasteiger partial charge in [0.1, 0.15) is 11.5 Å². The molecule has 1 aromatic carbocycles. The second-order valence-electron chi connectivity index (χ2n) is 10.6. The number of ketones is 1. The van der Waals surface area contributed by atoms with Crippen LogP contribution in [-0.4, -0.2) is 55.9 Å². The van der Waals surface area contributed by atoms with Crippen molar-refractivity contribution in [3.63, 3.8) is 0 Å². The number of likely N-dealkylation sites (tertiary alicyclic amines) is 1. The van der Waals surface area contributed by atoms with E-state index in [4.69, 9.17) is 4.74 Å². The number of ether oxygens (including phenoxy) is 1. The molecule has 1 amide bonds. The standard InChI is InChI=1S/C29H34N4O5/c1-17-21(18(2)31-23(17)28(37)38-6)25(34)22-24(19-8-10-20(11-9-19)29(3,4)5)33(27(36)26(22)35)14-7-13-32-15-12-30-16-32/h8-12,15-16,24,31,34H,7,13-14H2,1-6H3/b25-22+. The average molecular weight is 519 g/mol. The average Bonchev–Trinajstić information content (AvgIpc) is 3.56. The lowest BCUT2D eigenvalue weighted by molar-refractivity contribution is -0.139. The number of Topliss-reactive ketones (excluding diaryl/α,β-unsaturated/α-hetero) is 1. The molecule has 1 aliphatic rings. The number of nitrogens with one attached hydrogen (secondary N) is 1. The number of imidazole rings is 1. The normalized spacial score (nSPS) is 17.3. The molecule has 9 nitrogen and oxygen atoms in total. The molecular weight excluding hydrogens is 484 g/mol. The molecule has 200 valence electrons. The molecule has 1 atom stereocenters. The number of benzene rings is 1. The van der Waals surface area contributed by atoms with Crippen LogP contribution in [0, 0.1) is 13.8 Å². The van der Waals surface area contributed by atoms with Crippen LogP contribution in [-0.2, 0) is 26.3 Å². The lowest BCUT2D eigenvalue weighted by Crippen LogP contribution is -2.31. The molecular formula is C29H34N4O5. The Morgan fingerprint density at radius 2 is 1.82 bits per heavy atom. The summed E-state index contributed by atoms with van der Waals surface area (Å²) in [4.78, 5) is 47.5. The first kappa shape index (κ1) is 26.9. The number of aliphatic hydroxyl groups excluding tert-OH is 1. The molecule has 0 bridgehead atoms. The first-order valence-corrected chi connectivity index (χ1v) is 12.6. The molecule has 1 aliphatic heterocycles. The van der Waals surface area contributed by atoms with Crippen molar-refractivity contribution >= 4 is 23.4 Å². The SMILES string of the molecule is COC(=O)c1[nH]c(C)c(/C(O)=C2\C(=O)C(=O)N(CCCn3ccnc3)C2c2ccc(C(C)(C)C)cc2)c1C. The first-order valence-electron chi connectivity index (χ1n) is 12.6. The number of nitrogens with zero attached hydrogens (tertiary/aromatic N) is 3. The third kappa shape index (κ3) is 4.88. The van der Waals surface area contributed by atoms with Crippen LogP contribution in [0.1, 0.15) is 71.7 Å². The van der Waals surface area contributed by atoms with Gasteiger partial charge in [-0.15, -0.1) is 0 Å². The van der Waals surface area contributed by atoms with Gasteiger partial charge in [-0.1, -0.05) is 45.0 Å². The summed E-state index contributed by atoms with van der Waals surface area (Å²) >= 11 is 0. The number of amides is 1. The topological polar surface area (TPSA) is 118 Å². The van der Waals surface area contributed by atoms with E-state index in [0.717, 1.165) is 11.1 Å². The van der Waals surface area contributed by atoms with Crippen LogP contribution in [0.15, 0.2) is 48.6 Å². The molecule has 0 saturated carbocycles. The molecule has 2 N–H and O–H groups in total. The molecule has 1 fully saturated rings. The first-order chi connectivity index (χ1) is 18.0. The van der Waals surface area contributed by atoms with Gasteiger partial charge in [-0.3, -0.25) is 9.59 Å². The van der Waals surface area contributed by atoms with E-state index in [0.29, 0.717) is 36.3 Å². The van der Waals surface area contributed by atoms with Gasteiger partial charge in [0.2, 0.25) is 0 Å². The summed E-state index contributed by atoms with van der Waals surface area (Å²) in [5, 5.41) is 11.5. The van der Waals surface area contributed by atoms with Crippen LogP contribution in [0.3, 0.4) is 0 Å². The zero-order chi connectivity index (χ0) is 27.8. The van der Waals surface area contributed by atoms with E-state index in [1.165, 1.54) is 12.0 Å². The van der Waals surface area contributed by atoms with Crippen LogP contribution >= 0.6 is 0 Å². The fourth-order valence-corrected chi connectivity index (χ4v) is 5.01. The molecule has 9 heteroatoms. The highest BCUT2D eigenvalue weighted by Gasteiger charge is 2.46. The summed E-state index contributed by atoms with van der Waals surface area (Å²) in [5.74, 6) is -2.32. The molecule has 0 spiro atoms. The van der Waals surface area contributed by atoms with Gasteiger partial charge >= 0.3 is 5.97 Å². The number of aryl methyl sites for hydroxylation is 2. The van der Waals surface area contributed by atoms with Crippen molar-refractivity contribution in [2.45, 2.75) is 59.0 Å². The van der Waals surface area contributed by atoms with E-state index in [1.54, 1.807) is 26.4 Å². The molecule has 2 aromatic heterocycles. The van der Waals surface area contributed by atoms with E-state index >= 15 is 0 Å². The summed E-state index contributed by atoms with van der Waals surface area (Å²) < 4.78 is 6.75. The highest BCUT2D eigenvalue weighted by molar-refractivity contribution is 6.46. The second kappa shape index (κ2) is 10.3. The molecule has 0 radical (unpaired) electrons. The van der Waals surface area contributed by atoms with Gasteiger partial charge in [0.05, 0.1) is 25.1 Å². The van der Waals surface area contributed by atoms with Crippen molar-refractivity contribution in [2.24, 2.45) is 0 Å². The largest absolute Gasteiger partial charge is 0.507 e. The Labute approximate surface area is 222 Å². The summed E-state index contributed by atoms with van der Waals surface area (Å²) in [6.07, 6.45) is 5.82. The van der Waals surface area contributed by atoms with Crippen molar-refractivity contribution < 1.29 is 24.2 Å². The molecule has 0 aliphatic carbocycles. The number of methoxy groups -OCH3 is 1. The second-order valence-corrected chi connectivity index (χ2v) is 10.6. The Morgan fingerprint density at radius 3 is 2.39 bits per heavy atom. The Kier molecular flexibility index (Phi) is 7.31. The summed E-state index contributed by atoms with van der Waals surface area (Å²) in [5.41, 5.74) is 3.20. The smallest absolute Gasteiger partial charge is 0.354 e. The Bertz CT molecular complexity index is 1390. The number of esters is 1. The Hall–Kier alpha value is -4.14. The molecule has 1 saturated heterocycles. The summed E-state index contributed by atoms with van der Waals surface area (Å²) in [6.45, 7) is 10.6. The number of aliphatic hydroxyl groups is 1. The van der Waals surface area contributed by atoms with Crippen molar-refractivity contribution in [1.82, 2.24) is 19.4 Å². The number of carbonyl (C=O) groups is 3. The zero-order valence-corrected chi connectivity index (χ0v) is 22.7. The van der Waals surface area contributed by atoms with Crippen LogP contribution in [0.5, 0.6) is 0 Å². The van der Waals surface area contributed by atoms with E-state index in [2.05, 4.69) is 30.7 Å². The van der Waals surface area contributed by atoms with Gasteiger partial charge < -0.3 is 24.3 Å². The maximum atomic E-state index is 13.4. The van der Waals surface area contributed by atoms with Gasteiger partial charge in [-0.05, 0) is 42.4 Å². The maximum Gasteiger partial charge on any atom is 0.354 e. The van der Waals surface area contributed by atoms with Gasteiger partial charge in [0, 0.05) is 36.7 Å².